The van der Waals surface area contributed by atoms with Gasteiger partial charge in [0.2, 0.25) is 5.91 Å². The van der Waals surface area contributed by atoms with E-state index in [0.717, 1.165) is 22.6 Å². The van der Waals surface area contributed by atoms with Gasteiger partial charge >= 0.3 is 0 Å². The fourth-order valence-corrected chi connectivity index (χ4v) is 3.02. The molecule has 0 atom stereocenters. The lowest BCUT2D eigenvalue weighted by Crippen LogP contribution is -2.07. The van der Waals surface area contributed by atoms with E-state index >= 15 is 0 Å². The first-order valence-corrected chi connectivity index (χ1v) is 8.96. The zero-order valence-corrected chi connectivity index (χ0v) is 14.9. The average Bonchev–Trinajstić information content (AvgIpc) is 3.10. The second kappa shape index (κ2) is 8.40. The molecule has 6 heteroatoms. The van der Waals surface area contributed by atoms with E-state index in [-0.39, 0.29) is 11.7 Å². The van der Waals surface area contributed by atoms with Crippen LogP contribution in [0.25, 0.3) is 17.3 Å². The predicted molar refractivity (Wildman–Crippen MR) is 103 cm³/mol. The number of anilines is 1. The fourth-order valence-electron chi connectivity index (χ4n) is 2.31. The van der Waals surface area contributed by atoms with Crippen LogP contribution in [0.15, 0.2) is 60.0 Å². The Bertz CT molecular complexity index is 920. The molecule has 0 unspecified atom stereocenters. The van der Waals surface area contributed by atoms with Gasteiger partial charge in [0.1, 0.15) is 11.6 Å². The molecule has 26 heavy (non-hydrogen) atoms. The summed E-state index contributed by atoms with van der Waals surface area (Å²) in [5.41, 5.74) is 2.37. The van der Waals surface area contributed by atoms with Crippen molar-refractivity contribution >= 4 is 28.5 Å². The van der Waals surface area contributed by atoms with E-state index in [0.29, 0.717) is 11.7 Å². The number of thiazole rings is 1. The molecule has 0 aliphatic rings. The van der Waals surface area contributed by atoms with Crippen LogP contribution >= 0.6 is 11.3 Å². The number of benzene rings is 2. The van der Waals surface area contributed by atoms with Crippen LogP contribution in [0.2, 0.25) is 0 Å². The fraction of sp³-hybridized carbons (Fsp3) is 0.100. The SMILES string of the molecule is CCOc1ccccc1-c1csc(NC(=O)/C=C/c2ccc(F)cc2)n1. The first-order chi connectivity index (χ1) is 12.7. The van der Waals surface area contributed by atoms with Crippen LogP contribution in [0, 0.1) is 5.82 Å². The van der Waals surface area contributed by atoms with Crippen molar-refractivity contribution in [2.75, 3.05) is 11.9 Å². The van der Waals surface area contributed by atoms with Crippen molar-refractivity contribution in [2.24, 2.45) is 0 Å². The third-order valence-electron chi connectivity index (χ3n) is 3.49. The maximum Gasteiger partial charge on any atom is 0.250 e. The lowest BCUT2D eigenvalue weighted by atomic mass is 10.1. The number of ether oxygens (including phenoxy) is 1. The van der Waals surface area contributed by atoms with Crippen molar-refractivity contribution in [1.29, 1.82) is 0 Å². The molecule has 0 saturated heterocycles. The highest BCUT2D eigenvalue weighted by Crippen LogP contribution is 2.32. The lowest BCUT2D eigenvalue weighted by Gasteiger charge is -2.07. The second-order valence-corrected chi connectivity index (χ2v) is 6.20. The Balaban J connectivity index is 1.68. The highest BCUT2D eigenvalue weighted by atomic mass is 32.1. The smallest absolute Gasteiger partial charge is 0.250 e. The monoisotopic (exact) mass is 368 g/mol. The Labute approximate surface area is 155 Å². The minimum atomic E-state index is -0.311. The zero-order chi connectivity index (χ0) is 18.4. The van der Waals surface area contributed by atoms with E-state index in [4.69, 9.17) is 4.74 Å². The summed E-state index contributed by atoms with van der Waals surface area (Å²) in [4.78, 5) is 16.5. The number of para-hydroxylation sites is 1. The van der Waals surface area contributed by atoms with Crippen molar-refractivity contribution < 1.29 is 13.9 Å². The maximum absolute atomic E-state index is 12.9. The van der Waals surface area contributed by atoms with Gasteiger partial charge in [-0.15, -0.1) is 11.3 Å². The summed E-state index contributed by atoms with van der Waals surface area (Å²) in [6.07, 6.45) is 3.01. The molecule has 0 aliphatic heterocycles. The number of hydrogen-bond donors (Lipinski definition) is 1. The molecular formula is C20H17FN2O2S. The van der Waals surface area contributed by atoms with Crippen LogP contribution in [-0.2, 0) is 4.79 Å². The molecule has 132 valence electrons. The Kier molecular flexibility index (Phi) is 5.76. The van der Waals surface area contributed by atoms with E-state index in [9.17, 15) is 9.18 Å². The largest absolute Gasteiger partial charge is 0.493 e. The second-order valence-electron chi connectivity index (χ2n) is 5.34. The van der Waals surface area contributed by atoms with Crippen molar-refractivity contribution in [1.82, 2.24) is 4.98 Å². The molecule has 1 heterocycles. The van der Waals surface area contributed by atoms with Crippen LogP contribution in [0.3, 0.4) is 0 Å². The van der Waals surface area contributed by atoms with E-state index in [1.54, 1.807) is 18.2 Å². The molecule has 0 spiro atoms. The van der Waals surface area contributed by atoms with Gasteiger partial charge in [-0.3, -0.25) is 10.1 Å². The topological polar surface area (TPSA) is 51.2 Å². The van der Waals surface area contributed by atoms with Gasteiger partial charge in [0.05, 0.1) is 12.3 Å². The standard InChI is InChI=1S/C20H17FN2O2S/c1-2-25-18-6-4-3-5-16(18)17-13-26-20(22-17)23-19(24)12-9-14-7-10-15(21)11-8-14/h3-13H,2H2,1H3,(H,22,23,24)/b12-9+. The molecule has 0 saturated carbocycles. The number of hydrogen-bond acceptors (Lipinski definition) is 4. The number of rotatable bonds is 6. The number of carbonyl (C=O) groups excluding carboxylic acids is 1. The number of amides is 1. The molecule has 1 aromatic heterocycles. The molecular weight excluding hydrogens is 351 g/mol. The van der Waals surface area contributed by atoms with Crippen molar-refractivity contribution in [3.63, 3.8) is 0 Å². The Morgan fingerprint density at radius 3 is 2.77 bits per heavy atom. The molecule has 4 nitrogen and oxygen atoms in total. The van der Waals surface area contributed by atoms with E-state index in [1.165, 1.54) is 29.5 Å². The molecule has 0 bridgehead atoms. The van der Waals surface area contributed by atoms with Gasteiger partial charge in [-0.25, -0.2) is 9.37 Å². The Morgan fingerprint density at radius 2 is 2.00 bits per heavy atom. The number of nitrogens with one attached hydrogen (secondary N) is 1. The molecule has 3 aromatic rings. The van der Waals surface area contributed by atoms with Gasteiger partial charge in [0, 0.05) is 17.0 Å². The molecule has 1 N–H and O–H groups in total. The first kappa shape index (κ1) is 17.8. The molecule has 0 aliphatic carbocycles. The minimum Gasteiger partial charge on any atom is -0.493 e. The highest BCUT2D eigenvalue weighted by molar-refractivity contribution is 7.14. The third-order valence-corrected chi connectivity index (χ3v) is 4.25. The van der Waals surface area contributed by atoms with Crippen LogP contribution in [0.5, 0.6) is 5.75 Å². The lowest BCUT2D eigenvalue weighted by molar-refractivity contribution is -0.111. The summed E-state index contributed by atoms with van der Waals surface area (Å²) in [7, 11) is 0. The Hall–Kier alpha value is -2.99. The number of carbonyl (C=O) groups is 1. The van der Waals surface area contributed by atoms with Gasteiger partial charge in [-0.1, -0.05) is 24.3 Å². The van der Waals surface area contributed by atoms with E-state index < -0.39 is 0 Å². The van der Waals surface area contributed by atoms with Crippen molar-refractivity contribution in [2.45, 2.75) is 6.92 Å². The third kappa shape index (κ3) is 4.55. The molecule has 0 fully saturated rings. The van der Waals surface area contributed by atoms with Crippen LogP contribution in [-0.4, -0.2) is 17.5 Å². The number of aromatic nitrogens is 1. The number of nitrogens with zero attached hydrogens (tertiary/aromatic N) is 1. The summed E-state index contributed by atoms with van der Waals surface area (Å²) < 4.78 is 18.5. The maximum atomic E-state index is 12.9. The van der Waals surface area contributed by atoms with E-state index in [2.05, 4.69) is 10.3 Å². The first-order valence-electron chi connectivity index (χ1n) is 8.08. The van der Waals surface area contributed by atoms with Gasteiger partial charge in [-0.05, 0) is 42.8 Å². The van der Waals surface area contributed by atoms with Crippen molar-refractivity contribution in [3.8, 4) is 17.0 Å². The minimum absolute atomic E-state index is 0.298. The summed E-state index contributed by atoms with van der Waals surface area (Å²) in [5.74, 6) is 0.150. The van der Waals surface area contributed by atoms with Crippen LogP contribution in [0.4, 0.5) is 9.52 Å². The van der Waals surface area contributed by atoms with Crippen molar-refractivity contribution in [3.05, 3.63) is 71.4 Å². The van der Waals surface area contributed by atoms with Gasteiger partial charge in [0.15, 0.2) is 5.13 Å². The number of halogens is 1. The van der Waals surface area contributed by atoms with E-state index in [1.807, 2.05) is 36.6 Å². The molecule has 1 amide bonds. The van der Waals surface area contributed by atoms with Crippen LogP contribution < -0.4 is 10.1 Å². The molecule has 3 rings (SSSR count). The van der Waals surface area contributed by atoms with Gasteiger partial charge < -0.3 is 4.74 Å². The molecule has 2 aromatic carbocycles. The normalized spacial score (nSPS) is 10.8. The Morgan fingerprint density at radius 1 is 1.23 bits per heavy atom. The summed E-state index contributed by atoms with van der Waals surface area (Å²) in [6, 6.07) is 13.5. The zero-order valence-electron chi connectivity index (χ0n) is 14.1. The molecule has 0 radical (unpaired) electrons. The quantitative estimate of drug-likeness (QED) is 0.623. The summed E-state index contributed by atoms with van der Waals surface area (Å²) in [6.45, 7) is 2.50. The van der Waals surface area contributed by atoms with Gasteiger partial charge in [0.25, 0.3) is 0 Å². The predicted octanol–water partition coefficient (Wildman–Crippen LogP) is 5.00. The van der Waals surface area contributed by atoms with Gasteiger partial charge in [-0.2, -0.15) is 0 Å². The highest BCUT2D eigenvalue weighted by Gasteiger charge is 2.10. The summed E-state index contributed by atoms with van der Waals surface area (Å²) >= 11 is 1.34. The van der Waals surface area contributed by atoms with Crippen LogP contribution in [0.1, 0.15) is 12.5 Å². The summed E-state index contributed by atoms with van der Waals surface area (Å²) in [5, 5.41) is 5.10. The average molecular weight is 368 g/mol.